The molecule has 0 saturated carbocycles. The Morgan fingerprint density at radius 3 is 1.42 bits per heavy atom. The number of rotatable bonds is 19. The van der Waals surface area contributed by atoms with E-state index < -0.39 is 15.4 Å². The van der Waals surface area contributed by atoms with Crippen molar-refractivity contribution < 1.29 is 18.1 Å². The molecule has 0 radical (unpaired) electrons. The van der Waals surface area contributed by atoms with Gasteiger partial charge in [0.15, 0.2) is 0 Å². The molecule has 0 aliphatic heterocycles. The Morgan fingerprint density at radius 1 is 0.654 bits per heavy atom. The molecule has 0 aromatic carbocycles. The summed E-state index contributed by atoms with van der Waals surface area (Å²) >= 11 is 0. The Hall–Kier alpha value is -0.130. The lowest BCUT2D eigenvalue weighted by Crippen LogP contribution is -2.20. The van der Waals surface area contributed by atoms with Crippen LogP contribution in [0.15, 0.2) is 0 Å². The molecule has 5 heteroatoms. The molecule has 0 bridgehead atoms. The lowest BCUT2D eigenvalue weighted by molar-refractivity contribution is 0.156. The zero-order valence-corrected chi connectivity index (χ0v) is 18.1. The van der Waals surface area contributed by atoms with Crippen molar-refractivity contribution in [1.82, 2.24) is 0 Å². The minimum absolute atomic E-state index is 0.202. The van der Waals surface area contributed by atoms with Crippen molar-refractivity contribution >= 4 is 10.1 Å². The molecular formula is C21H44O4S. The third-order valence-electron chi connectivity index (χ3n) is 5.34. The Bertz CT molecular complexity index is 395. The van der Waals surface area contributed by atoms with Gasteiger partial charge in [-0.15, -0.1) is 0 Å². The minimum atomic E-state index is -3.92. The predicted molar refractivity (Wildman–Crippen MR) is 111 cm³/mol. The van der Waals surface area contributed by atoms with Gasteiger partial charge in [0.25, 0.3) is 10.1 Å². The summed E-state index contributed by atoms with van der Waals surface area (Å²) in [4.78, 5) is 0. The standard InChI is InChI=1S/C21H44O4S/c1-3-5-6-7-8-9-10-11-15-18-21(26(23,24)25)19-16-13-12-14-17-20(22)4-2/h20-22H,3-19H2,1-2H3,(H,23,24,25). The lowest BCUT2D eigenvalue weighted by Gasteiger charge is -2.14. The maximum absolute atomic E-state index is 11.6. The van der Waals surface area contributed by atoms with Crippen LogP contribution in [0.5, 0.6) is 0 Å². The number of hydrogen-bond acceptors (Lipinski definition) is 3. The van der Waals surface area contributed by atoms with E-state index in [9.17, 15) is 18.1 Å². The highest BCUT2D eigenvalue weighted by Crippen LogP contribution is 2.19. The third-order valence-corrected chi connectivity index (χ3v) is 6.65. The van der Waals surface area contributed by atoms with Crippen molar-refractivity contribution in [2.24, 2.45) is 0 Å². The summed E-state index contributed by atoms with van der Waals surface area (Å²) in [5.74, 6) is 0. The molecule has 0 heterocycles. The lowest BCUT2D eigenvalue weighted by atomic mass is 10.0. The average Bonchev–Trinajstić information content (AvgIpc) is 2.59. The fourth-order valence-electron chi connectivity index (χ4n) is 3.43. The number of unbranched alkanes of at least 4 members (excludes halogenated alkanes) is 11. The molecule has 158 valence electrons. The Kier molecular flexibility index (Phi) is 16.9. The molecule has 0 rings (SSSR count). The predicted octanol–water partition coefficient (Wildman–Crippen LogP) is 6.28. The topological polar surface area (TPSA) is 74.6 Å². The van der Waals surface area contributed by atoms with Gasteiger partial charge in [-0.2, -0.15) is 8.42 Å². The molecule has 0 aromatic heterocycles. The maximum atomic E-state index is 11.6. The van der Waals surface area contributed by atoms with E-state index in [4.69, 9.17) is 0 Å². The van der Waals surface area contributed by atoms with E-state index in [0.29, 0.717) is 12.8 Å². The quantitative estimate of drug-likeness (QED) is 0.200. The zero-order valence-electron chi connectivity index (χ0n) is 17.3. The van der Waals surface area contributed by atoms with Crippen molar-refractivity contribution in [2.75, 3.05) is 0 Å². The SMILES string of the molecule is CCCCCCCCCCCC(CCCCCCC(O)CC)S(=O)(=O)O. The summed E-state index contributed by atoms with van der Waals surface area (Å²) in [7, 11) is -3.92. The smallest absolute Gasteiger partial charge is 0.267 e. The van der Waals surface area contributed by atoms with Crippen molar-refractivity contribution in [3.63, 3.8) is 0 Å². The molecule has 0 amide bonds. The van der Waals surface area contributed by atoms with Crippen LogP contribution in [-0.2, 0) is 10.1 Å². The summed E-state index contributed by atoms with van der Waals surface area (Å²) in [6.07, 6.45) is 17.3. The first-order valence-electron chi connectivity index (χ1n) is 11.1. The highest BCUT2D eigenvalue weighted by molar-refractivity contribution is 7.86. The van der Waals surface area contributed by atoms with Crippen LogP contribution in [0, 0.1) is 0 Å². The first-order chi connectivity index (χ1) is 12.4. The van der Waals surface area contributed by atoms with Gasteiger partial charge >= 0.3 is 0 Å². The van der Waals surface area contributed by atoms with Gasteiger partial charge in [-0.25, -0.2) is 0 Å². The average molecular weight is 393 g/mol. The number of aliphatic hydroxyl groups excluding tert-OH is 1. The summed E-state index contributed by atoms with van der Waals surface area (Å²) in [5.41, 5.74) is 0. The van der Waals surface area contributed by atoms with Gasteiger partial charge in [0.05, 0.1) is 11.4 Å². The zero-order chi connectivity index (χ0) is 19.7. The monoisotopic (exact) mass is 392 g/mol. The highest BCUT2D eigenvalue weighted by Gasteiger charge is 2.21. The molecule has 4 nitrogen and oxygen atoms in total. The van der Waals surface area contributed by atoms with Gasteiger partial charge < -0.3 is 5.11 Å². The van der Waals surface area contributed by atoms with E-state index in [1.54, 1.807) is 0 Å². The summed E-state index contributed by atoms with van der Waals surface area (Å²) in [6, 6.07) is 0. The molecule has 0 aromatic rings. The van der Waals surface area contributed by atoms with Crippen molar-refractivity contribution in [3.8, 4) is 0 Å². The van der Waals surface area contributed by atoms with Gasteiger partial charge in [-0.05, 0) is 25.7 Å². The van der Waals surface area contributed by atoms with Crippen LogP contribution < -0.4 is 0 Å². The molecule has 0 aliphatic rings. The molecule has 0 aliphatic carbocycles. The van der Waals surface area contributed by atoms with Crippen LogP contribution in [0.25, 0.3) is 0 Å². The van der Waals surface area contributed by atoms with E-state index in [0.717, 1.165) is 51.4 Å². The Labute approximate surface area is 162 Å². The van der Waals surface area contributed by atoms with Crippen molar-refractivity contribution in [1.29, 1.82) is 0 Å². The van der Waals surface area contributed by atoms with Crippen molar-refractivity contribution in [3.05, 3.63) is 0 Å². The fourth-order valence-corrected chi connectivity index (χ4v) is 4.36. The van der Waals surface area contributed by atoms with Crippen LogP contribution in [0.4, 0.5) is 0 Å². The van der Waals surface area contributed by atoms with Crippen LogP contribution >= 0.6 is 0 Å². The van der Waals surface area contributed by atoms with Crippen LogP contribution in [0.1, 0.15) is 123 Å². The third kappa shape index (κ3) is 16.1. The van der Waals surface area contributed by atoms with Crippen LogP contribution in [-0.4, -0.2) is 29.4 Å². The number of hydrogen-bond donors (Lipinski definition) is 2. The normalized spacial score (nSPS) is 14.5. The first-order valence-corrected chi connectivity index (χ1v) is 12.6. The molecule has 0 fully saturated rings. The summed E-state index contributed by atoms with van der Waals surface area (Å²) < 4.78 is 32.6. The van der Waals surface area contributed by atoms with Gasteiger partial charge in [0.2, 0.25) is 0 Å². The number of aliphatic hydroxyl groups is 1. The van der Waals surface area contributed by atoms with E-state index in [1.807, 2.05) is 6.92 Å². The molecule has 2 atom stereocenters. The molecular weight excluding hydrogens is 348 g/mol. The minimum Gasteiger partial charge on any atom is -0.393 e. The van der Waals surface area contributed by atoms with Crippen molar-refractivity contribution in [2.45, 2.75) is 134 Å². The van der Waals surface area contributed by atoms with Gasteiger partial charge in [0, 0.05) is 0 Å². The van der Waals surface area contributed by atoms with Gasteiger partial charge in [-0.3, -0.25) is 4.55 Å². The first kappa shape index (κ1) is 25.9. The second-order valence-electron chi connectivity index (χ2n) is 7.81. The van der Waals surface area contributed by atoms with Crippen LogP contribution in [0.3, 0.4) is 0 Å². The molecule has 26 heavy (non-hydrogen) atoms. The molecule has 2 N–H and O–H groups in total. The summed E-state index contributed by atoms with van der Waals surface area (Å²) in [6.45, 7) is 4.20. The molecule has 2 unspecified atom stereocenters. The summed E-state index contributed by atoms with van der Waals surface area (Å²) in [5, 5.41) is 8.92. The van der Waals surface area contributed by atoms with Gasteiger partial charge in [-0.1, -0.05) is 97.3 Å². The van der Waals surface area contributed by atoms with Crippen LogP contribution in [0.2, 0.25) is 0 Å². The van der Waals surface area contributed by atoms with E-state index in [-0.39, 0.29) is 6.10 Å². The maximum Gasteiger partial charge on any atom is 0.267 e. The molecule has 0 spiro atoms. The second kappa shape index (κ2) is 17.0. The Balaban J connectivity index is 3.74. The van der Waals surface area contributed by atoms with Gasteiger partial charge in [0.1, 0.15) is 0 Å². The van der Waals surface area contributed by atoms with E-state index in [1.165, 1.54) is 44.9 Å². The molecule has 0 saturated heterocycles. The second-order valence-corrected chi connectivity index (χ2v) is 9.50. The van der Waals surface area contributed by atoms with E-state index in [2.05, 4.69) is 6.92 Å². The largest absolute Gasteiger partial charge is 0.393 e. The fraction of sp³-hybridized carbons (Fsp3) is 1.00. The Morgan fingerprint density at radius 2 is 1.04 bits per heavy atom. The van der Waals surface area contributed by atoms with E-state index >= 15 is 0 Å². The highest BCUT2D eigenvalue weighted by atomic mass is 32.2.